The van der Waals surface area contributed by atoms with Crippen molar-refractivity contribution in [2.45, 2.75) is 12.3 Å². The first-order valence-electron chi connectivity index (χ1n) is 6.17. The summed E-state index contributed by atoms with van der Waals surface area (Å²) in [6.07, 6.45) is 4.01. The number of nitrogens with zero attached hydrogens (tertiary/aromatic N) is 4. The highest BCUT2D eigenvalue weighted by Gasteiger charge is 2.32. The summed E-state index contributed by atoms with van der Waals surface area (Å²) in [5.74, 6) is 0.275. The van der Waals surface area contributed by atoms with Crippen molar-refractivity contribution in [3.8, 4) is 5.75 Å². The molecule has 0 saturated heterocycles. The number of hydrogen-bond acceptors (Lipinski definition) is 6. The zero-order chi connectivity index (χ0) is 13.7. The Labute approximate surface area is 118 Å². The Balaban J connectivity index is 1.98. The Hall–Kier alpha value is -2.28. The van der Waals surface area contributed by atoms with E-state index in [-0.39, 0.29) is 11.9 Å². The summed E-state index contributed by atoms with van der Waals surface area (Å²) in [5, 5.41) is 4.19. The average molecular weight is 286 g/mol. The molecular formula is C13H10N4O2S. The summed E-state index contributed by atoms with van der Waals surface area (Å²) in [5.41, 5.74) is 3.57. The minimum Gasteiger partial charge on any atom is -0.426 e. The van der Waals surface area contributed by atoms with E-state index >= 15 is 0 Å². The fourth-order valence-corrected chi connectivity index (χ4v) is 3.17. The summed E-state index contributed by atoms with van der Waals surface area (Å²) in [7, 11) is 1.86. The van der Waals surface area contributed by atoms with E-state index in [9.17, 15) is 4.79 Å². The van der Waals surface area contributed by atoms with Crippen LogP contribution < -0.4 is 4.74 Å². The number of fused-ring (bicyclic) bond motifs is 3. The number of benzene rings is 1. The Morgan fingerprint density at radius 1 is 1.40 bits per heavy atom. The molecule has 20 heavy (non-hydrogen) atoms. The Kier molecular flexibility index (Phi) is 2.37. The molecule has 3 heterocycles. The van der Waals surface area contributed by atoms with Crippen molar-refractivity contribution < 1.29 is 9.53 Å². The lowest BCUT2D eigenvalue weighted by atomic mass is 9.87. The van der Waals surface area contributed by atoms with Gasteiger partial charge in [-0.3, -0.25) is 9.48 Å². The lowest BCUT2D eigenvalue weighted by Gasteiger charge is -2.23. The van der Waals surface area contributed by atoms with Gasteiger partial charge in [0.05, 0.1) is 24.3 Å². The molecule has 0 radical (unpaired) electrons. The third-order valence-corrected chi connectivity index (χ3v) is 4.04. The summed E-state index contributed by atoms with van der Waals surface area (Å²) in [6.45, 7) is 0. The van der Waals surface area contributed by atoms with Crippen LogP contribution >= 0.6 is 11.7 Å². The van der Waals surface area contributed by atoms with Gasteiger partial charge < -0.3 is 4.74 Å². The van der Waals surface area contributed by atoms with Crippen LogP contribution in [0.4, 0.5) is 0 Å². The van der Waals surface area contributed by atoms with Gasteiger partial charge in [0.15, 0.2) is 0 Å². The predicted molar refractivity (Wildman–Crippen MR) is 72.7 cm³/mol. The zero-order valence-electron chi connectivity index (χ0n) is 10.6. The summed E-state index contributed by atoms with van der Waals surface area (Å²) in [4.78, 5) is 11.8. The first-order valence-corrected chi connectivity index (χ1v) is 6.90. The van der Waals surface area contributed by atoms with E-state index in [1.54, 1.807) is 16.9 Å². The largest absolute Gasteiger partial charge is 0.426 e. The summed E-state index contributed by atoms with van der Waals surface area (Å²) in [6, 6.07) is 3.62. The Bertz CT molecular complexity index is 823. The van der Waals surface area contributed by atoms with Gasteiger partial charge in [0.1, 0.15) is 16.8 Å². The van der Waals surface area contributed by atoms with Crippen LogP contribution in [0.5, 0.6) is 5.75 Å². The molecule has 0 amide bonds. The van der Waals surface area contributed by atoms with Gasteiger partial charge >= 0.3 is 5.97 Å². The molecule has 0 aliphatic carbocycles. The second-order valence-electron chi connectivity index (χ2n) is 4.79. The van der Waals surface area contributed by atoms with Gasteiger partial charge in [0.25, 0.3) is 0 Å². The third kappa shape index (κ3) is 1.63. The maximum absolute atomic E-state index is 11.8. The van der Waals surface area contributed by atoms with Crippen molar-refractivity contribution in [2.75, 3.05) is 0 Å². The van der Waals surface area contributed by atoms with E-state index < -0.39 is 0 Å². The molecule has 0 unspecified atom stereocenters. The van der Waals surface area contributed by atoms with Crippen LogP contribution in [0.25, 0.3) is 11.0 Å². The van der Waals surface area contributed by atoms with Gasteiger partial charge in [0.2, 0.25) is 0 Å². The van der Waals surface area contributed by atoms with Crippen molar-refractivity contribution >= 4 is 28.7 Å². The van der Waals surface area contributed by atoms with Crippen LogP contribution in [0.15, 0.2) is 24.5 Å². The molecule has 1 atom stereocenters. The van der Waals surface area contributed by atoms with Crippen LogP contribution in [0.1, 0.15) is 23.5 Å². The van der Waals surface area contributed by atoms with E-state index in [0.717, 1.165) is 22.2 Å². The predicted octanol–water partition coefficient (Wildman–Crippen LogP) is 1.87. The van der Waals surface area contributed by atoms with E-state index in [2.05, 4.69) is 13.8 Å². The molecule has 0 bridgehead atoms. The van der Waals surface area contributed by atoms with Crippen LogP contribution in [-0.2, 0) is 11.8 Å². The molecule has 0 saturated carbocycles. The van der Waals surface area contributed by atoms with E-state index in [1.807, 2.05) is 19.3 Å². The number of rotatable bonds is 1. The molecule has 0 N–H and O–H groups in total. The number of carbonyl (C=O) groups is 1. The molecule has 1 aromatic carbocycles. The number of ether oxygens (including phenoxy) is 1. The standard InChI is InChI=1S/C13H10N4O2S/c1-17-6-7(5-14-17)8-4-11(18)19-10-3-2-9-13(12(8)10)16-20-15-9/h2-3,5-6,8H,4H2,1H3/t8-/m0/s1. The van der Waals surface area contributed by atoms with E-state index in [1.165, 1.54) is 11.7 Å². The topological polar surface area (TPSA) is 69.9 Å². The van der Waals surface area contributed by atoms with Crippen LogP contribution in [0, 0.1) is 0 Å². The van der Waals surface area contributed by atoms with Crippen molar-refractivity contribution in [1.29, 1.82) is 0 Å². The molecule has 2 aromatic heterocycles. The van der Waals surface area contributed by atoms with Gasteiger partial charge in [0, 0.05) is 24.7 Å². The number of esters is 1. The molecule has 6 nitrogen and oxygen atoms in total. The zero-order valence-corrected chi connectivity index (χ0v) is 11.4. The minimum atomic E-state index is -0.228. The Morgan fingerprint density at radius 2 is 2.30 bits per heavy atom. The molecule has 3 aromatic rings. The van der Waals surface area contributed by atoms with Crippen LogP contribution in [0.3, 0.4) is 0 Å². The maximum atomic E-state index is 11.8. The smallest absolute Gasteiger partial charge is 0.312 e. The van der Waals surface area contributed by atoms with Gasteiger partial charge in [-0.15, -0.1) is 0 Å². The highest BCUT2D eigenvalue weighted by atomic mass is 32.1. The summed E-state index contributed by atoms with van der Waals surface area (Å²) < 4.78 is 15.7. The SMILES string of the molecule is Cn1cc([C@@H]2CC(=O)Oc3ccc4nsnc4c32)cn1. The number of aryl methyl sites for hydroxylation is 1. The fourth-order valence-electron chi connectivity index (χ4n) is 2.62. The second-order valence-corrected chi connectivity index (χ2v) is 5.32. The van der Waals surface area contributed by atoms with Crippen molar-refractivity contribution in [3.05, 3.63) is 35.7 Å². The summed E-state index contributed by atoms with van der Waals surface area (Å²) >= 11 is 1.17. The third-order valence-electron chi connectivity index (χ3n) is 3.50. The van der Waals surface area contributed by atoms with Crippen LogP contribution in [-0.4, -0.2) is 24.5 Å². The first-order chi connectivity index (χ1) is 9.72. The van der Waals surface area contributed by atoms with Crippen molar-refractivity contribution in [1.82, 2.24) is 18.5 Å². The van der Waals surface area contributed by atoms with E-state index in [0.29, 0.717) is 12.2 Å². The lowest BCUT2D eigenvalue weighted by molar-refractivity contribution is -0.135. The van der Waals surface area contributed by atoms with Crippen LogP contribution in [0.2, 0.25) is 0 Å². The Morgan fingerprint density at radius 3 is 3.10 bits per heavy atom. The first kappa shape index (κ1) is 11.5. The average Bonchev–Trinajstić information content (AvgIpc) is 3.05. The maximum Gasteiger partial charge on any atom is 0.312 e. The fraction of sp³-hybridized carbons (Fsp3) is 0.231. The lowest BCUT2D eigenvalue weighted by Crippen LogP contribution is -2.21. The second kappa shape index (κ2) is 4.11. The van der Waals surface area contributed by atoms with Gasteiger partial charge in [-0.1, -0.05) is 0 Å². The molecule has 4 rings (SSSR count). The van der Waals surface area contributed by atoms with E-state index in [4.69, 9.17) is 4.74 Å². The number of hydrogen-bond donors (Lipinski definition) is 0. The molecule has 1 aliphatic heterocycles. The molecule has 1 aliphatic rings. The molecule has 100 valence electrons. The monoisotopic (exact) mass is 286 g/mol. The van der Waals surface area contributed by atoms with Crippen molar-refractivity contribution in [3.63, 3.8) is 0 Å². The normalized spacial score (nSPS) is 18.1. The molecular weight excluding hydrogens is 276 g/mol. The van der Waals surface area contributed by atoms with Gasteiger partial charge in [-0.2, -0.15) is 13.8 Å². The molecule has 7 heteroatoms. The number of aromatic nitrogens is 4. The minimum absolute atomic E-state index is 0.0763. The number of carbonyl (C=O) groups excluding carboxylic acids is 1. The highest BCUT2D eigenvalue weighted by molar-refractivity contribution is 7.00. The molecule has 0 fully saturated rings. The van der Waals surface area contributed by atoms with Crippen molar-refractivity contribution in [2.24, 2.45) is 7.05 Å². The highest BCUT2D eigenvalue weighted by Crippen LogP contribution is 2.42. The van der Waals surface area contributed by atoms with Gasteiger partial charge in [-0.25, -0.2) is 0 Å². The quantitative estimate of drug-likeness (QED) is 0.504. The molecule has 0 spiro atoms. The van der Waals surface area contributed by atoms with Gasteiger partial charge in [-0.05, 0) is 17.7 Å².